The fourth-order valence-corrected chi connectivity index (χ4v) is 8.17. The van der Waals surface area contributed by atoms with Gasteiger partial charge in [-0.05, 0) is 61.5 Å². The van der Waals surface area contributed by atoms with Crippen molar-refractivity contribution in [3.8, 4) is 0 Å². The summed E-state index contributed by atoms with van der Waals surface area (Å²) in [6, 6.07) is 18.0. The van der Waals surface area contributed by atoms with Crippen LogP contribution in [-0.4, -0.2) is 48.7 Å². The monoisotopic (exact) mass is 480 g/mol. The summed E-state index contributed by atoms with van der Waals surface area (Å²) in [6.45, 7) is 6.19. The topological polar surface area (TPSA) is 82.4 Å². The maximum absolute atomic E-state index is 12.6. The van der Waals surface area contributed by atoms with Gasteiger partial charge >= 0.3 is 0 Å². The molecule has 2 aliphatic rings. The minimum absolute atomic E-state index is 0.0114. The summed E-state index contributed by atoms with van der Waals surface area (Å²) in [5, 5.41) is 15.6. The van der Waals surface area contributed by atoms with E-state index in [4.69, 9.17) is 4.74 Å². The minimum atomic E-state index is -2.39. The van der Waals surface area contributed by atoms with E-state index in [-0.39, 0.29) is 36.2 Å². The summed E-state index contributed by atoms with van der Waals surface area (Å²) in [6.07, 6.45) is 3.40. The van der Waals surface area contributed by atoms with Gasteiger partial charge in [-0.2, -0.15) is 5.10 Å². The van der Waals surface area contributed by atoms with Crippen molar-refractivity contribution < 1.29 is 19.4 Å². The second kappa shape index (κ2) is 10.5. The fraction of sp³-hybridized carbons (Fsp3) is 0.481. The summed E-state index contributed by atoms with van der Waals surface area (Å²) in [4.78, 5) is 23.3. The Morgan fingerprint density at radius 2 is 1.74 bits per heavy atom. The smallest absolute Gasteiger partial charge is 0.247 e. The van der Waals surface area contributed by atoms with Crippen LogP contribution in [0.2, 0.25) is 18.6 Å². The Morgan fingerprint density at radius 1 is 1.03 bits per heavy atom. The highest BCUT2D eigenvalue weighted by molar-refractivity contribution is 6.71. The third kappa shape index (κ3) is 5.49. The lowest BCUT2D eigenvalue weighted by Crippen LogP contribution is -2.40. The highest BCUT2D eigenvalue weighted by Gasteiger charge is 2.49. The van der Waals surface area contributed by atoms with Gasteiger partial charge in [-0.3, -0.25) is 4.79 Å². The van der Waals surface area contributed by atoms with E-state index >= 15 is 0 Å². The minimum Gasteiger partial charge on any atom is -0.432 e. The largest absolute Gasteiger partial charge is 0.432 e. The number of benzene rings is 2. The Balaban J connectivity index is 1.42. The molecule has 34 heavy (non-hydrogen) atoms. The van der Waals surface area contributed by atoms with Crippen LogP contribution in [0.3, 0.4) is 0 Å². The van der Waals surface area contributed by atoms with E-state index in [1.807, 2.05) is 55.6 Å². The first-order valence-electron chi connectivity index (χ1n) is 12.3. The maximum Gasteiger partial charge on any atom is 0.247 e. The van der Waals surface area contributed by atoms with Gasteiger partial charge < -0.3 is 14.6 Å². The molecule has 0 spiro atoms. The zero-order valence-electron chi connectivity index (χ0n) is 20.4. The van der Waals surface area contributed by atoms with Crippen molar-refractivity contribution in [2.75, 3.05) is 11.6 Å². The molecule has 1 amide bonds. The van der Waals surface area contributed by atoms with E-state index in [0.29, 0.717) is 19.3 Å². The summed E-state index contributed by atoms with van der Waals surface area (Å²) in [5.74, 6) is 0.275. The zero-order chi connectivity index (χ0) is 24.3. The van der Waals surface area contributed by atoms with Gasteiger partial charge in [-0.1, -0.05) is 49.4 Å². The van der Waals surface area contributed by atoms with Crippen LogP contribution in [0.15, 0.2) is 59.7 Å². The highest BCUT2D eigenvalue weighted by Crippen LogP contribution is 2.45. The van der Waals surface area contributed by atoms with Gasteiger partial charge in [0.25, 0.3) is 0 Å². The van der Waals surface area contributed by atoms with Crippen LogP contribution in [0.1, 0.15) is 43.7 Å². The average Bonchev–Trinajstić information content (AvgIpc) is 3.14. The predicted molar refractivity (Wildman–Crippen MR) is 137 cm³/mol. The number of rotatable bonds is 8. The molecule has 182 valence electrons. The van der Waals surface area contributed by atoms with E-state index in [1.54, 1.807) is 0 Å². The van der Waals surface area contributed by atoms with Crippen LogP contribution in [0.5, 0.6) is 0 Å². The van der Waals surface area contributed by atoms with Gasteiger partial charge in [-0.25, -0.2) is 5.01 Å². The van der Waals surface area contributed by atoms with Crippen molar-refractivity contribution in [2.24, 2.45) is 11.0 Å². The molecule has 1 fully saturated rings. The quantitative estimate of drug-likeness (QED) is 0.545. The first-order valence-corrected chi connectivity index (χ1v) is 15.3. The van der Waals surface area contributed by atoms with Crippen LogP contribution in [0, 0.1) is 5.92 Å². The van der Waals surface area contributed by atoms with Crippen molar-refractivity contribution in [1.82, 2.24) is 0 Å². The number of aliphatic hydroxyl groups excluding tert-OH is 1. The molecule has 0 aliphatic carbocycles. The molecule has 2 aromatic rings. The van der Waals surface area contributed by atoms with Gasteiger partial charge in [-0.15, -0.1) is 0 Å². The first-order chi connectivity index (χ1) is 16.3. The number of carbonyl (C=O) groups excluding carboxylic acids is 1. The fourth-order valence-electron chi connectivity index (χ4n) is 5.51. The Morgan fingerprint density at radius 3 is 2.38 bits per heavy atom. The lowest BCUT2D eigenvalue weighted by Gasteiger charge is -2.30. The van der Waals surface area contributed by atoms with Gasteiger partial charge in [0.2, 0.25) is 5.91 Å². The van der Waals surface area contributed by atoms with E-state index in [2.05, 4.69) is 24.2 Å². The Kier molecular flexibility index (Phi) is 7.67. The molecular weight excluding hydrogens is 444 g/mol. The first kappa shape index (κ1) is 24.8. The molecule has 0 saturated carbocycles. The number of hydrogen-bond donors (Lipinski definition) is 2. The number of nitrogens with zero attached hydrogens (tertiary/aromatic N) is 2. The maximum atomic E-state index is 12.6. The Bertz CT molecular complexity index is 1000. The zero-order valence-corrected chi connectivity index (χ0v) is 21.4. The molecule has 7 heteroatoms. The molecule has 2 aromatic carbocycles. The lowest BCUT2D eigenvalue weighted by atomic mass is 9.95. The molecule has 0 aromatic heterocycles. The number of hydrogen-bond acceptors (Lipinski definition) is 5. The van der Waals surface area contributed by atoms with Crippen LogP contribution in [0.25, 0.3) is 0 Å². The number of ether oxygens (including phenoxy) is 1. The predicted octanol–water partition coefficient (Wildman–Crippen LogP) is 4.50. The van der Waals surface area contributed by atoms with E-state index in [0.717, 1.165) is 29.8 Å². The van der Waals surface area contributed by atoms with Crippen molar-refractivity contribution in [3.63, 3.8) is 0 Å². The number of carbonyl (C=O) groups is 1. The average molecular weight is 481 g/mol. The number of aliphatic hydroxyl groups is 1. The molecule has 6 nitrogen and oxygen atoms in total. The highest BCUT2D eigenvalue weighted by atomic mass is 28.4. The molecule has 0 radical (unpaired) electrons. The Labute approximate surface area is 203 Å². The summed E-state index contributed by atoms with van der Waals surface area (Å²) in [7, 11) is -2.39. The van der Waals surface area contributed by atoms with Crippen molar-refractivity contribution in [3.05, 3.63) is 65.7 Å². The van der Waals surface area contributed by atoms with Crippen LogP contribution in [-0.2, 0) is 16.0 Å². The van der Waals surface area contributed by atoms with Crippen molar-refractivity contribution in [2.45, 2.75) is 69.9 Å². The Hall–Kier alpha value is -2.32. The van der Waals surface area contributed by atoms with Crippen LogP contribution < -0.4 is 5.01 Å². The van der Waals surface area contributed by atoms with Gasteiger partial charge in [0.05, 0.1) is 23.6 Å². The van der Waals surface area contributed by atoms with E-state index in [9.17, 15) is 14.7 Å². The second-order valence-corrected chi connectivity index (χ2v) is 14.1. The van der Waals surface area contributed by atoms with Gasteiger partial charge in [0.1, 0.15) is 0 Å². The lowest BCUT2D eigenvalue weighted by molar-refractivity contribution is -0.118. The standard InChI is InChI=1S/C27H36N2O4Si/c1-19-24(33-25(17-18-30)27(19)34(2,3)32)15-11-20-9-12-22(13-10-20)29-26(31)16-14-23(28-29)21-7-5-4-6-8-21/h4-10,12-13,19,24-25,27,30,32H,11,14-18H2,1-3H3/t19-,24+,25-,27+/m1/s1. The van der Waals surface area contributed by atoms with Crippen LogP contribution >= 0.6 is 0 Å². The normalized spacial score (nSPS) is 25.5. The van der Waals surface area contributed by atoms with E-state index in [1.165, 1.54) is 10.6 Å². The molecule has 4 atom stereocenters. The van der Waals surface area contributed by atoms with Gasteiger partial charge in [0.15, 0.2) is 8.32 Å². The third-order valence-corrected chi connectivity index (χ3v) is 9.70. The summed E-state index contributed by atoms with van der Waals surface area (Å²) < 4.78 is 6.31. The molecule has 2 heterocycles. The summed E-state index contributed by atoms with van der Waals surface area (Å²) in [5.41, 5.74) is 4.07. The number of anilines is 1. The van der Waals surface area contributed by atoms with E-state index < -0.39 is 8.32 Å². The van der Waals surface area contributed by atoms with Crippen LogP contribution in [0.4, 0.5) is 5.69 Å². The van der Waals surface area contributed by atoms with Crippen molar-refractivity contribution >= 4 is 25.6 Å². The molecular formula is C27H36N2O4Si. The molecule has 1 saturated heterocycles. The molecule has 2 aliphatic heterocycles. The molecule has 4 rings (SSSR count). The number of hydrazone groups is 1. The SMILES string of the molecule is C[C@H]1[C@H]([Si](C)(C)O)[C@@H](CCO)O[C@H]1CCc1ccc(N2N=C(c3ccccc3)CCC2=O)cc1. The molecule has 0 bridgehead atoms. The summed E-state index contributed by atoms with van der Waals surface area (Å²) >= 11 is 0. The number of aryl methyl sites for hydroxylation is 1. The van der Waals surface area contributed by atoms with Crippen molar-refractivity contribution in [1.29, 1.82) is 0 Å². The second-order valence-electron chi connectivity index (χ2n) is 10.1. The molecule has 2 N–H and O–H groups in total. The van der Waals surface area contributed by atoms with Gasteiger partial charge in [0, 0.05) is 25.0 Å². The third-order valence-electron chi connectivity index (χ3n) is 7.17. The number of amides is 1. The molecule has 0 unspecified atom stereocenters.